The molecule has 1 aromatic rings. The molecule has 1 amide bonds. The summed E-state index contributed by atoms with van der Waals surface area (Å²) in [5.74, 6) is 0.00727. The maximum atomic E-state index is 11.6. The minimum Gasteiger partial charge on any atom is -0.273 e. The second-order valence-corrected chi connectivity index (χ2v) is 7.65. The molecule has 118 valence electrons. The lowest BCUT2D eigenvalue weighted by Gasteiger charge is -2.01. The largest absolute Gasteiger partial charge is 0.273 e. The highest BCUT2D eigenvalue weighted by Crippen LogP contribution is 2.20. The number of carbonyl (C=O) groups excluding carboxylic acids is 1. The van der Waals surface area contributed by atoms with Crippen molar-refractivity contribution in [3.8, 4) is 0 Å². The predicted molar refractivity (Wildman–Crippen MR) is 95.0 cm³/mol. The Morgan fingerprint density at radius 2 is 1.86 bits per heavy atom. The average Bonchev–Trinajstić information content (AvgIpc) is 2.87. The molecule has 3 nitrogen and oxygen atoms in total. The van der Waals surface area contributed by atoms with Gasteiger partial charge in [-0.15, -0.1) is 11.3 Å². The highest BCUT2D eigenvalue weighted by molar-refractivity contribution is 9.11. The van der Waals surface area contributed by atoms with E-state index in [1.165, 1.54) is 38.5 Å². The smallest absolute Gasteiger partial charge is 0.240 e. The van der Waals surface area contributed by atoms with Gasteiger partial charge in [0.15, 0.2) is 0 Å². The molecule has 0 aliphatic heterocycles. The van der Waals surface area contributed by atoms with Crippen LogP contribution >= 0.6 is 27.3 Å². The number of hydrazone groups is 1. The molecule has 0 aliphatic rings. The maximum absolute atomic E-state index is 11.6. The van der Waals surface area contributed by atoms with Crippen molar-refractivity contribution in [2.45, 2.75) is 64.7 Å². The van der Waals surface area contributed by atoms with Crippen molar-refractivity contribution in [1.29, 1.82) is 0 Å². The second-order valence-electron chi connectivity index (χ2n) is 5.16. The zero-order valence-electron chi connectivity index (χ0n) is 12.7. The zero-order chi connectivity index (χ0) is 15.3. The van der Waals surface area contributed by atoms with Crippen molar-refractivity contribution in [3.05, 3.63) is 20.8 Å². The molecule has 5 heteroatoms. The van der Waals surface area contributed by atoms with Crippen LogP contribution in [-0.2, 0) is 4.79 Å². The molecule has 1 rings (SSSR count). The quantitative estimate of drug-likeness (QED) is 0.311. The van der Waals surface area contributed by atoms with Crippen molar-refractivity contribution < 1.29 is 4.79 Å². The van der Waals surface area contributed by atoms with Gasteiger partial charge in [-0.05, 0) is 34.5 Å². The third kappa shape index (κ3) is 9.80. The van der Waals surface area contributed by atoms with E-state index in [1.54, 1.807) is 17.6 Å². The number of nitrogens with one attached hydrogen (secondary N) is 1. The van der Waals surface area contributed by atoms with Gasteiger partial charge in [0.05, 0.1) is 10.0 Å². The van der Waals surface area contributed by atoms with Crippen LogP contribution in [0.5, 0.6) is 0 Å². The molecule has 0 fully saturated rings. The van der Waals surface area contributed by atoms with Crippen LogP contribution in [0.2, 0.25) is 0 Å². The van der Waals surface area contributed by atoms with Gasteiger partial charge in [-0.2, -0.15) is 5.10 Å². The first-order valence-electron chi connectivity index (χ1n) is 7.79. The van der Waals surface area contributed by atoms with Crippen LogP contribution in [0.3, 0.4) is 0 Å². The van der Waals surface area contributed by atoms with Gasteiger partial charge in [-0.3, -0.25) is 4.79 Å². The van der Waals surface area contributed by atoms with Crippen LogP contribution in [0, 0.1) is 0 Å². The van der Waals surface area contributed by atoms with E-state index in [0.717, 1.165) is 21.5 Å². The molecule has 0 unspecified atom stereocenters. The average molecular weight is 373 g/mol. The molecule has 0 aliphatic carbocycles. The third-order valence-corrected chi connectivity index (χ3v) is 4.79. The molecule has 0 spiro atoms. The number of rotatable bonds is 11. The molecule has 1 aromatic heterocycles. The van der Waals surface area contributed by atoms with Gasteiger partial charge in [0.25, 0.3) is 0 Å². The predicted octanol–water partition coefficient (Wildman–Crippen LogP) is 5.49. The molecule has 0 radical (unpaired) electrons. The van der Waals surface area contributed by atoms with E-state index in [4.69, 9.17) is 0 Å². The molecule has 1 N–H and O–H groups in total. The van der Waals surface area contributed by atoms with E-state index in [9.17, 15) is 4.79 Å². The lowest BCUT2D eigenvalue weighted by atomic mass is 10.1. The Kier molecular flexibility index (Phi) is 10.4. The number of hydrogen-bond acceptors (Lipinski definition) is 3. The maximum Gasteiger partial charge on any atom is 0.240 e. The van der Waals surface area contributed by atoms with Gasteiger partial charge in [0.2, 0.25) is 5.91 Å². The third-order valence-electron chi connectivity index (χ3n) is 3.23. The van der Waals surface area contributed by atoms with Crippen LogP contribution < -0.4 is 5.43 Å². The number of thiophene rings is 1. The minimum atomic E-state index is 0.00727. The minimum absolute atomic E-state index is 0.00727. The normalized spacial score (nSPS) is 11.1. The molecule has 0 saturated heterocycles. The fourth-order valence-electron chi connectivity index (χ4n) is 2.04. The summed E-state index contributed by atoms with van der Waals surface area (Å²) in [6.07, 6.45) is 12.2. The molecular formula is C16H25BrN2OS. The summed E-state index contributed by atoms with van der Waals surface area (Å²) >= 11 is 4.98. The molecule has 0 bridgehead atoms. The number of hydrogen-bond donors (Lipinski definition) is 1. The first-order valence-corrected chi connectivity index (χ1v) is 9.40. The fourth-order valence-corrected chi connectivity index (χ4v) is 3.34. The van der Waals surface area contributed by atoms with Crippen molar-refractivity contribution >= 4 is 39.4 Å². The Balaban J connectivity index is 1.98. The standard InChI is InChI=1S/C16H25BrN2OS/c1-2-3-4-5-6-7-8-9-10-16(20)19-18-13-14-11-12-15(17)21-14/h11-13H,2-10H2,1H3,(H,19,20). The molecular weight excluding hydrogens is 348 g/mol. The first kappa shape index (κ1) is 18.4. The van der Waals surface area contributed by atoms with E-state index >= 15 is 0 Å². The Hall–Kier alpha value is -0.680. The van der Waals surface area contributed by atoms with Crippen LogP contribution in [0.4, 0.5) is 0 Å². The number of carbonyl (C=O) groups is 1. The van der Waals surface area contributed by atoms with Gasteiger partial charge < -0.3 is 0 Å². The van der Waals surface area contributed by atoms with E-state index in [0.29, 0.717) is 6.42 Å². The zero-order valence-corrected chi connectivity index (χ0v) is 15.1. The molecule has 1 heterocycles. The van der Waals surface area contributed by atoms with E-state index in [1.807, 2.05) is 12.1 Å². The summed E-state index contributed by atoms with van der Waals surface area (Å²) in [6.45, 7) is 2.23. The monoisotopic (exact) mass is 372 g/mol. The van der Waals surface area contributed by atoms with Crippen LogP contribution in [0.1, 0.15) is 69.6 Å². The van der Waals surface area contributed by atoms with Crippen molar-refractivity contribution in [1.82, 2.24) is 5.43 Å². The number of unbranched alkanes of at least 4 members (excludes halogenated alkanes) is 7. The van der Waals surface area contributed by atoms with Gasteiger partial charge >= 0.3 is 0 Å². The van der Waals surface area contributed by atoms with E-state index in [-0.39, 0.29) is 5.91 Å². The molecule has 0 aromatic carbocycles. The van der Waals surface area contributed by atoms with Crippen molar-refractivity contribution in [3.63, 3.8) is 0 Å². The SMILES string of the molecule is CCCCCCCCCCC(=O)NN=Cc1ccc(Br)s1. The molecule has 21 heavy (non-hydrogen) atoms. The Labute approximate surface area is 140 Å². The lowest BCUT2D eigenvalue weighted by Crippen LogP contribution is -2.16. The summed E-state index contributed by atoms with van der Waals surface area (Å²) in [5, 5.41) is 3.97. The Bertz CT molecular complexity index is 432. The van der Waals surface area contributed by atoms with Gasteiger partial charge in [0, 0.05) is 11.3 Å². The topological polar surface area (TPSA) is 41.5 Å². The van der Waals surface area contributed by atoms with Crippen molar-refractivity contribution in [2.24, 2.45) is 5.10 Å². The van der Waals surface area contributed by atoms with E-state index in [2.05, 4.69) is 33.4 Å². The van der Waals surface area contributed by atoms with Crippen molar-refractivity contribution in [2.75, 3.05) is 0 Å². The first-order chi connectivity index (χ1) is 10.2. The second kappa shape index (κ2) is 11.9. The summed E-state index contributed by atoms with van der Waals surface area (Å²) in [7, 11) is 0. The molecule has 0 atom stereocenters. The van der Waals surface area contributed by atoms with Crippen LogP contribution in [-0.4, -0.2) is 12.1 Å². The summed E-state index contributed by atoms with van der Waals surface area (Å²) in [6, 6.07) is 3.93. The fraction of sp³-hybridized carbons (Fsp3) is 0.625. The van der Waals surface area contributed by atoms with Gasteiger partial charge in [-0.1, -0.05) is 51.9 Å². The summed E-state index contributed by atoms with van der Waals surface area (Å²) in [4.78, 5) is 12.6. The Morgan fingerprint density at radius 1 is 1.19 bits per heavy atom. The lowest BCUT2D eigenvalue weighted by molar-refractivity contribution is -0.121. The van der Waals surface area contributed by atoms with Gasteiger partial charge in [-0.25, -0.2) is 5.43 Å². The summed E-state index contributed by atoms with van der Waals surface area (Å²) < 4.78 is 1.06. The number of halogens is 1. The van der Waals surface area contributed by atoms with E-state index < -0.39 is 0 Å². The summed E-state index contributed by atoms with van der Waals surface area (Å²) in [5.41, 5.74) is 2.58. The highest BCUT2D eigenvalue weighted by atomic mass is 79.9. The number of nitrogens with zero attached hydrogens (tertiary/aromatic N) is 1. The highest BCUT2D eigenvalue weighted by Gasteiger charge is 1.99. The Morgan fingerprint density at radius 3 is 2.48 bits per heavy atom. The van der Waals surface area contributed by atoms with Crippen LogP contribution in [0.25, 0.3) is 0 Å². The number of amides is 1. The van der Waals surface area contributed by atoms with Gasteiger partial charge in [0.1, 0.15) is 0 Å². The molecule has 0 saturated carbocycles. The van der Waals surface area contributed by atoms with Crippen LogP contribution in [0.15, 0.2) is 21.0 Å².